The second kappa shape index (κ2) is 6.50. The fourth-order valence-electron chi connectivity index (χ4n) is 1.76. The van der Waals surface area contributed by atoms with Gasteiger partial charge in [0.25, 0.3) is 0 Å². The van der Waals surface area contributed by atoms with Gasteiger partial charge in [-0.25, -0.2) is 4.98 Å². The molecule has 2 aromatic rings. The third-order valence-electron chi connectivity index (χ3n) is 2.93. The molecule has 19 heavy (non-hydrogen) atoms. The van der Waals surface area contributed by atoms with E-state index >= 15 is 0 Å². The molecule has 0 saturated heterocycles. The number of aliphatic hydroxyl groups is 1. The molecular weight excluding hydrogens is 262 g/mol. The Morgan fingerprint density at radius 2 is 1.95 bits per heavy atom. The molecule has 2 heterocycles. The van der Waals surface area contributed by atoms with Gasteiger partial charge >= 0.3 is 0 Å². The Balaban J connectivity index is 2.02. The van der Waals surface area contributed by atoms with E-state index < -0.39 is 0 Å². The van der Waals surface area contributed by atoms with Crippen LogP contribution in [0.2, 0.25) is 5.02 Å². The van der Waals surface area contributed by atoms with Crippen molar-refractivity contribution in [3.63, 3.8) is 0 Å². The van der Waals surface area contributed by atoms with Gasteiger partial charge in [0.05, 0.1) is 17.3 Å². The standard InChI is InChI=1S/C14H16ClN3O/c1-18(9-6-11-4-7-16-8-5-11)14-3-2-12(15)13(10-19)17-14/h2-5,7-8,19H,6,9-10H2,1H3. The molecule has 0 bridgehead atoms. The quantitative estimate of drug-likeness (QED) is 0.911. The van der Waals surface area contributed by atoms with E-state index in [0.29, 0.717) is 10.7 Å². The van der Waals surface area contributed by atoms with Gasteiger partial charge in [-0.3, -0.25) is 4.98 Å². The largest absolute Gasteiger partial charge is 0.390 e. The molecule has 0 radical (unpaired) electrons. The highest BCUT2D eigenvalue weighted by Gasteiger charge is 2.07. The van der Waals surface area contributed by atoms with Crippen molar-refractivity contribution < 1.29 is 5.11 Å². The maximum absolute atomic E-state index is 9.16. The first-order chi connectivity index (χ1) is 9.20. The fraction of sp³-hybridized carbons (Fsp3) is 0.286. The van der Waals surface area contributed by atoms with Crippen molar-refractivity contribution in [3.8, 4) is 0 Å². The van der Waals surface area contributed by atoms with Crippen LogP contribution < -0.4 is 4.90 Å². The number of nitrogens with zero attached hydrogens (tertiary/aromatic N) is 3. The summed E-state index contributed by atoms with van der Waals surface area (Å²) in [5.41, 5.74) is 1.74. The van der Waals surface area contributed by atoms with E-state index in [2.05, 4.69) is 9.97 Å². The molecule has 0 amide bonds. The zero-order valence-electron chi connectivity index (χ0n) is 10.8. The van der Waals surface area contributed by atoms with Gasteiger partial charge in [-0.1, -0.05) is 11.6 Å². The van der Waals surface area contributed by atoms with Crippen molar-refractivity contribution in [2.24, 2.45) is 0 Å². The molecule has 2 aromatic heterocycles. The molecule has 0 aliphatic rings. The molecule has 0 fully saturated rings. The lowest BCUT2D eigenvalue weighted by Crippen LogP contribution is -2.21. The number of aromatic nitrogens is 2. The summed E-state index contributed by atoms with van der Waals surface area (Å²) >= 11 is 5.93. The van der Waals surface area contributed by atoms with Gasteiger partial charge in [0.1, 0.15) is 5.82 Å². The van der Waals surface area contributed by atoms with E-state index in [4.69, 9.17) is 16.7 Å². The first kappa shape index (κ1) is 13.8. The zero-order valence-corrected chi connectivity index (χ0v) is 11.5. The first-order valence-corrected chi connectivity index (χ1v) is 6.45. The number of anilines is 1. The van der Waals surface area contributed by atoms with Gasteiger partial charge in [0.2, 0.25) is 0 Å². The Hall–Kier alpha value is -1.65. The topological polar surface area (TPSA) is 49.2 Å². The number of aliphatic hydroxyl groups excluding tert-OH is 1. The second-order valence-electron chi connectivity index (χ2n) is 4.28. The van der Waals surface area contributed by atoms with Gasteiger partial charge in [0.15, 0.2) is 0 Å². The Morgan fingerprint density at radius 1 is 1.21 bits per heavy atom. The number of hydrogen-bond donors (Lipinski definition) is 1. The van der Waals surface area contributed by atoms with Crippen LogP contribution in [0.5, 0.6) is 0 Å². The lowest BCUT2D eigenvalue weighted by Gasteiger charge is -2.19. The minimum absolute atomic E-state index is 0.148. The molecule has 4 nitrogen and oxygen atoms in total. The van der Waals surface area contributed by atoms with E-state index in [9.17, 15) is 0 Å². The highest BCUT2D eigenvalue weighted by Crippen LogP contribution is 2.18. The number of likely N-dealkylation sites (N-methyl/N-ethyl adjacent to an activating group) is 1. The van der Waals surface area contributed by atoms with Gasteiger partial charge in [-0.2, -0.15) is 0 Å². The summed E-state index contributed by atoms with van der Waals surface area (Å²) < 4.78 is 0. The second-order valence-corrected chi connectivity index (χ2v) is 4.69. The van der Waals surface area contributed by atoms with Crippen LogP contribution in [-0.2, 0) is 13.0 Å². The summed E-state index contributed by atoms with van der Waals surface area (Å²) in [5.74, 6) is 0.808. The molecule has 0 aromatic carbocycles. The number of rotatable bonds is 5. The lowest BCUT2D eigenvalue weighted by atomic mass is 10.2. The van der Waals surface area contributed by atoms with E-state index in [1.807, 2.05) is 30.1 Å². The first-order valence-electron chi connectivity index (χ1n) is 6.07. The average molecular weight is 278 g/mol. The molecular formula is C14H16ClN3O. The minimum Gasteiger partial charge on any atom is -0.390 e. The van der Waals surface area contributed by atoms with Crippen LogP contribution in [0.1, 0.15) is 11.3 Å². The molecule has 0 atom stereocenters. The Morgan fingerprint density at radius 3 is 2.63 bits per heavy atom. The Kier molecular flexibility index (Phi) is 4.71. The van der Waals surface area contributed by atoms with Crippen LogP contribution in [0, 0.1) is 0 Å². The van der Waals surface area contributed by atoms with Gasteiger partial charge in [-0.15, -0.1) is 0 Å². The van der Waals surface area contributed by atoms with Gasteiger partial charge in [-0.05, 0) is 36.2 Å². The van der Waals surface area contributed by atoms with Crippen molar-refractivity contribution in [2.75, 3.05) is 18.5 Å². The normalized spacial score (nSPS) is 10.5. The summed E-state index contributed by atoms with van der Waals surface area (Å²) in [6, 6.07) is 7.62. The Labute approximate surface area is 117 Å². The summed E-state index contributed by atoms with van der Waals surface area (Å²) in [6.45, 7) is 0.689. The number of halogens is 1. The molecule has 1 N–H and O–H groups in total. The SMILES string of the molecule is CN(CCc1ccncc1)c1ccc(Cl)c(CO)n1. The van der Waals surface area contributed by atoms with Crippen molar-refractivity contribution in [1.82, 2.24) is 9.97 Å². The van der Waals surface area contributed by atoms with Crippen molar-refractivity contribution >= 4 is 17.4 Å². The average Bonchev–Trinajstić information content (AvgIpc) is 2.46. The van der Waals surface area contributed by atoms with Gasteiger partial charge < -0.3 is 10.0 Å². The Bertz CT molecular complexity index is 533. The third-order valence-corrected chi connectivity index (χ3v) is 3.27. The third kappa shape index (κ3) is 3.66. The van der Waals surface area contributed by atoms with Crippen LogP contribution in [0.15, 0.2) is 36.7 Å². The summed E-state index contributed by atoms with van der Waals surface area (Å²) in [5, 5.41) is 9.65. The molecule has 0 saturated carbocycles. The summed E-state index contributed by atoms with van der Waals surface area (Å²) in [6.07, 6.45) is 4.50. The van der Waals surface area contributed by atoms with Crippen LogP contribution in [-0.4, -0.2) is 28.7 Å². The highest BCUT2D eigenvalue weighted by atomic mass is 35.5. The maximum atomic E-state index is 9.16. The number of pyridine rings is 2. The van der Waals surface area contributed by atoms with Gasteiger partial charge in [0, 0.05) is 26.0 Å². The smallest absolute Gasteiger partial charge is 0.128 e. The molecule has 2 rings (SSSR count). The highest BCUT2D eigenvalue weighted by molar-refractivity contribution is 6.31. The van der Waals surface area contributed by atoms with Crippen LogP contribution >= 0.6 is 11.6 Å². The number of hydrogen-bond acceptors (Lipinski definition) is 4. The molecule has 100 valence electrons. The predicted molar refractivity (Wildman–Crippen MR) is 76.4 cm³/mol. The van der Waals surface area contributed by atoms with Crippen molar-refractivity contribution in [3.05, 3.63) is 52.9 Å². The van der Waals surface area contributed by atoms with Crippen LogP contribution in [0.4, 0.5) is 5.82 Å². The fourth-order valence-corrected chi connectivity index (χ4v) is 1.92. The molecule has 0 aliphatic carbocycles. The zero-order chi connectivity index (χ0) is 13.7. The molecule has 5 heteroatoms. The molecule has 0 spiro atoms. The van der Waals surface area contributed by atoms with E-state index in [0.717, 1.165) is 18.8 Å². The van der Waals surface area contributed by atoms with Crippen molar-refractivity contribution in [1.29, 1.82) is 0 Å². The van der Waals surface area contributed by atoms with E-state index in [-0.39, 0.29) is 6.61 Å². The summed E-state index contributed by atoms with van der Waals surface area (Å²) in [7, 11) is 1.97. The molecule has 0 unspecified atom stereocenters. The maximum Gasteiger partial charge on any atom is 0.128 e. The summed E-state index contributed by atoms with van der Waals surface area (Å²) in [4.78, 5) is 10.4. The van der Waals surface area contributed by atoms with Crippen molar-refractivity contribution in [2.45, 2.75) is 13.0 Å². The van der Waals surface area contributed by atoms with E-state index in [1.54, 1.807) is 18.5 Å². The van der Waals surface area contributed by atoms with Crippen LogP contribution in [0.3, 0.4) is 0 Å². The van der Waals surface area contributed by atoms with E-state index in [1.165, 1.54) is 5.56 Å². The monoisotopic (exact) mass is 277 g/mol. The lowest BCUT2D eigenvalue weighted by molar-refractivity contribution is 0.277. The molecule has 0 aliphatic heterocycles. The minimum atomic E-state index is -0.148. The predicted octanol–water partition coefficient (Wildman–Crippen LogP) is 2.30. The van der Waals surface area contributed by atoms with Crippen LogP contribution in [0.25, 0.3) is 0 Å².